The van der Waals surface area contributed by atoms with Crippen molar-refractivity contribution in [3.05, 3.63) is 53.9 Å². The highest BCUT2D eigenvalue weighted by Gasteiger charge is 2.22. The second kappa shape index (κ2) is 7.92. The minimum Gasteiger partial charge on any atom is -0.374 e. The van der Waals surface area contributed by atoms with E-state index in [1.165, 1.54) is 5.56 Å². The number of hydrogen-bond acceptors (Lipinski definition) is 3. The Kier molecular flexibility index (Phi) is 5.42. The first-order valence-electron chi connectivity index (χ1n) is 8.24. The number of carbonyl (C=O) groups is 1. The summed E-state index contributed by atoms with van der Waals surface area (Å²) in [6.07, 6.45) is 7.85. The fourth-order valence-electron chi connectivity index (χ4n) is 3.01. The number of benzene rings is 1. The molecule has 5 nitrogen and oxygen atoms in total. The van der Waals surface area contributed by atoms with Gasteiger partial charge in [-0.3, -0.25) is 9.89 Å². The van der Waals surface area contributed by atoms with Gasteiger partial charge in [0, 0.05) is 12.7 Å². The molecule has 1 fully saturated rings. The third-order valence-electron chi connectivity index (χ3n) is 4.43. The van der Waals surface area contributed by atoms with Crippen LogP contribution >= 0.6 is 0 Å². The van der Waals surface area contributed by atoms with Crippen molar-refractivity contribution in [1.82, 2.24) is 15.5 Å². The number of aromatic nitrogens is 2. The Hall–Kier alpha value is -2.14. The summed E-state index contributed by atoms with van der Waals surface area (Å²) in [5.41, 5.74) is 1.81. The molecule has 1 aliphatic rings. The molecular weight excluding hydrogens is 290 g/mol. The van der Waals surface area contributed by atoms with Gasteiger partial charge in [-0.2, -0.15) is 5.10 Å². The number of nitrogens with one attached hydrogen (secondary N) is 2. The van der Waals surface area contributed by atoms with E-state index in [0.29, 0.717) is 24.2 Å². The fraction of sp³-hybridized carbons (Fsp3) is 0.444. The highest BCUT2D eigenvalue weighted by atomic mass is 16.5. The van der Waals surface area contributed by atoms with Gasteiger partial charge in [-0.15, -0.1) is 0 Å². The maximum absolute atomic E-state index is 11.9. The molecule has 3 rings (SSSR count). The Morgan fingerprint density at radius 1 is 1.22 bits per heavy atom. The van der Waals surface area contributed by atoms with Crippen LogP contribution in [0.3, 0.4) is 0 Å². The lowest BCUT2D eigenvalue weighted by Gasteiger charge is -2.28. The monoisotopic (exact) mass is 313 g/mol. The quantitative estimate of drug-likeness (QED) is 0.861. The third-order valence-corrected chi connectivity index (χ3v) is 4.43. The van der Waals surface area contributed by atoms with Gasteiger partial charge in [0.15, 0.2) is 0 Å². The van der Waals surface area contributed by atoms with Gasteiger partial charge >= 0.3 is 0 Å². The molecule has 0 bridgehead atoms. The van der Waals surface area contributed by atoms with Gasteiger partial charge < -0.3 is 10.1 Å². The van der Waals surface area contributed by atoms with E-state index in [1.807, 2.05) is 18.2 Å². The van der Waals surface area contributed by atoms with Gasteiger partial charge in [0.1, 0.15) is 0 Å². The lowest BCUT2D eigenvalue weighted by Crippen LogP contribution is -2.32. The van der Waals surface area contributed by atoms with Gasteiger partial charge in [-0.05, 0) is 37.2 Å². The van der Waals surface area contributed by atoms with Crippen LogP contribution in [0.15, 0.2) is 42.7 Å². The van der Waals surface area contributed by atoms with Crippen LogP contribution in [-0.2, 0) is 11.3 Å². The molecule has 23 heavy (non-hydrogen) atoms. The summed E-state index contributed by atoms with van der Waals surface area (Å²) in [7, 11) is 0. The van der Waals surface area contributed by atoms with Crippen LogP contribution < -0.4 is 5.32 Å². The Bertz CT molecular complexity index is 590. The zero-order valence-corrected chi connectivity index (χ0v) is 13.2. The standard InChI is InChI=1S/C18H23N3O2/c22-18(16-11-20-21-12-16)19-10-14-6-8-17(9-7-14)23-13-15-4-2-1-3-5-15/h1-5,11-12,14,17H,6-10,13H2,(H,19,22)(H,20,21)/t14-,17+. The summed E-state index contributed by atoms with van der Waals surface area (Å²) in [6, 6.07) is 10.3. The molecule has 1 amide bonds. The summed E-state index contributed by atoms with van der Waals surface area (Å²) >= 11 is 0. The average molecular weight is 313 g/mol. The maximum atomic E-state index is 11.9. The predicted octanol–water partition coefficient (Wildman–Crippen LogP) is 2.92. The number of ether oxygens (including phenoxy) is 1. The van der Waals surface area contributed by atoms with E-state index in [-0.39, 0.29) is 5.91 Å². The summed E-state index contributed by atoms with van der Waals surface area (Å²) in [5.74, 6) is 0.489. The first kappa shape index (κ1) is 15.7. The Balaban J connectivity index is 1.34. The Morgan fingerprint density at radius 2 is 2.00 bits per heavy atom. The lowest BCUT2D eigenvalue weighted by atomic mass is 9.87. The normalized spacial score (nSPS) is 21.0. The lowest BCUT2D eigenvalue weighted by molar-refractivity contribution is 0.00731. The molecule has 0 atom stereocenters. The Morgan fingerprint density at radius 3 is 2.70 bits per heavy atom. The van der Waals surface area contributed by atoms with E-state index >= 15 is 0 Å². The molecule has 2 N–H and O–H groups in total. The molecule has 1 aliphatic carbocycles. The molecule has 1 aromatic carbocycles. The molecule has 0 spiro atoms. The molecule has 0 unspecified atom stereocenters. The topological polar surface area (TPSA) is 67.0 Å². The number of H-pyrrole nitrogens is 1. The summed E-state index contributed by atoms with van der Waals surface area (Å²) in [6.45, 7) is 1.42. The zero-order valence-electron chi connectivity index (χ0n) is 13.2. The first-order chi connectivity index (χ1) is 11.3. The highest BCUT2D eigenvalue weighted by Crippen LogP contribution is 2.26. The maximum Gasteiger partial charge on any atom is 0.254 e. The molecular formula is C18H23N3O2. The highest BCUT2D eigenvalue weighted by molar-refractivity contribution is 5.93. The fourth-order valence-corrected chi connectivity index (χ4v) is 3.01. The van der Waals surface area contributed by atoms with E-state index in [0.717, 1.165) is 32.2 Å². The summed E-state index contributed by atoms with van der Waals surface area (Å²) < 4.78 is 6.00. The van der Waals surface area contributed by atoms with Crippen molar-refractivity contribution in [2.45, 2.75) is 38.4 Å². The molecule has 0 aliphatic heterocycles. The first-order valence-corrected chi connectivity index (χ1v) is 8.24. The number of hydrogen-bond donors (Lipinski definition) is 2. The zero-order chi connectivity index (χ0) is 15.9. The number of nitrogens with zero attached hydrogens (tertiary/aromatic N) is 1. The molecule has 1 saturated carbocycles. The average Bonchev–Trinajstić information content (AvgIpc) is 3.14. The van der Waals surface area contributed by atoms with Gasteiger partial charge in [-0.1, -0.05) is 30.3 Å². The van der Waals surface area contributed by atoms with Crippen LogP contribution in [0.5, 0.6) is 0 Å². The van der Waals surface area contributed by atoms with E-state index in [9.17, 15) is 4.79 Å². The number of rotatable bonds is 6. The Labute approximate surface area is 136 Å². The second-order valence-corrected chi connectivity index (χ2v) is 6.14. The largest absolute Gasteiger partial charge is 0.374 e. The van der Waals surface area contributed by atoms with Crippen molar-refractivity contribution in [1.29, 1.82) is 0 Å². The summed E-state index contributed by atoms with van der Waals surface area (Å²) in [5, 5.41) is 9.43. The third kappa shape index (κ3) is 4.66. The van der Waals surface area contributed by atoms with Gasteiger partial charge in [0.05, 0.1) is 24.5 Å². The molecule has 122 valence electrons. The van der Waals surface area contributed by atoms with E-state index < -0.39 is 0 Å². The van der Waals surface area contributed by atoms with E-state index in [4.69, 9.17) is 4.74 Å². The smallest absolute Gasteiger partial charge is 0.254 e. The van der Waals surface area contributed by atoms with Crippen molar-refractivity contribution in [2.75, 3.05) is 6.54 Å². The summed E-state index contributed by atoms with van der Waals surface area (Å²) in [4.78, 5) is 11.9. The van der Waals surface area contributed by atoms with Crippen LogP contribution in [0.2, 0.25) is 0 Å². The number of aromatic amines is 1. The van der Waals surface area contributed by atoms with Gasteiger partial charge in [0.2, 0.25) is 0 Å². The van der Waals surface area contributed by atoms with E-state index in [2.05, 4.69) is 27.6 Å². The number of amides is 1. The molecule has 2 aromatic rings. The van der Waals surface area contributed by atoms with Crippen LogP contribution in [0.1, 0.15) is 41.6 Å². The molecule has 1 heterocycles. The van der Waals surface area contributed by atoms with Crippen LogP contribution in [0.4, 0.5) is 0 Å². The van der Waals surface area contributed by atoms with Crippen LogP contribution in [0.25, 0.3) is 0 Å². The van der Waals surface area contributed by atoms with Gasteiger partial charge in [-0.25, -0.2) is 0 Å². The van der Waals surface area contributed by atoms with Crippen LogP contribution in [0, 0.1) is 5.92 Å². The molecule has 0 radical (unpaired) electrons. The minimum atomic E-state index is -0.0544. The molecule has 0 saturated heterocycles. The minimum absolute atomic E-state index is 0.0544. The predicted molar refractivity (Wildman–Crippen MR) is 87.9 cm³/mol. The SMILES string of the molecule is O=C(NC[C@H]1CC[C@@H](OCc2ccccc2)CC1)c1cn[nH]c1. The van der Waals surface area contributed by atoms with Crippen molar-refractivity contribution < 1.29 is 9.53 Å². The van der Waals surface area contributed by atoms with Crippen molar-refractivity contribution in [2.24, 2.45) is 5.92 Å². The van der Waals surface area contributed by atoms with Crippen LogP contribution in [-0.4, -0.2) is 28.8 Å². The van der Waals surface area contributed by atoms with Crippen molar-refractivity contribution in [3.8, 4) is 0 Å². The van der Waals surface area contributed by atoms with Crippen molar-refractivity contribution in [3.63, 3.8) is 0 Å². The number of carbonyl (C=O) groups excluding carboxylic acids is 1. The van der Waals surface area contributed by atoms with Gasteiger partial charge in [0.25, 0.3) is 5.91 Å². The van der Waals surface area contributed by atoms with Crippen molar-refractivity contribution >= 4 is 5.91 Å². The van der Waals surface area contributed by atoms with E-state index in [1.54, 1.807) is 12.4 Å². The second-order valence-electron chi connectivity index (χ2n) is 6.14. The molecule has 1 aromatic heterocycles. The molecule has 5 heteroatoms.